The number of nitrogens with zero attached hydrogens (tertiary/aromatic N) is 1. The van der Waals surface area contributed by atoms with Gasteiger partial charge in [0.15, 0.2) is 11.7 Å². The Morgan fingerprint density at radius 1 is 0.867 bits per heavy atom. The molecule has 2 N–H and O–H groups in total. The van der Waals surface area contributed by atoms with Crippen molar-refractivity contribution in [2.24, 2.45) is 5.14 Å². The number of hydrogen-bond acceptors (Lipinski definition) is 4. The highest BCUT2D eigenvalue weighted by molar-refractivity contribution is 7.89. The van der Waals surface area contributed by atoms with Crippen molar-refractivity contribution in [1.29, 1.82) is 0 Å². The third kappa shape index (κ3) is 4.20. The van der Waals surface area contributed by atoms with Gasteiger partial charge in [0, 0.05) is 17.5 Å². The molecule has 1 aromatic heterocycles. The average molecular weight is 419 g/mol. The highest BCUT2D eigenvalue weighted by atomic mass is 32.2. The molecule has 0 unspecified atom stereocenters. The lowest BCUT2D eigenvalue weighted by Gasteiger charge is -2.05. The number of aryl methyl sites for hydroxylation is 2. The van der Waals surface area contributed by atoms with Gasteiger partial charge >= 0.3 is 0 Å². The lowest BCUT2D eigenvalue weighted by molar-refractivity contribution is 0.519. The minimum atomic E-state index is -3.76. The SMILES string of the molecule is Cc1ccc(-c2nc(Cc3ccccc3)oc2-c2ccc(S(N)(=O)=O)cc2)cc1C. The van der Waals surface area contributed by atoms with Gasteiger partial charge in [-0.15, -0.1) is 0 Å². The lowest BCUT2D eigenvalue weighted by atomic mass is 10.0. The van der Waals surface area contributed by atoms with Gasteiger partial charge in [-0.3, -0.25) is 0 Å². The van der Waals surface area contributed by atoms with E-state index in [9.17, 15) is 8.42 Å². The molecular formula is C24H22N2O3S. The first-order valence-corrected chi connectivity index (χ1v) is 11.1. The Hall–Kier alpha value is -3.22. The quantitative estimate of drug-likeness (QED) is 0.501. The molecule has 0 bridgehead atoms. The first-order chi connectivity index (χ1) is 14.3. The molecule has 0 aliphatic rings. The Labute approximate surface area is 176 Å². The number of sulfonamides is 1. The molecule has 0 fully saturated rings. The summed E-state index contributed by atoms with van der Waals surface area (Å²) in [5, 5.41) is 5.22. The molecular weight excluding hydrogens is 396 g/mol. The van der Waals surface area contributed by atoms with Crippen molar-refractivity contribution < 1.29 is 12.8 Å². The number of oxazole rings is 1. The maximum absolute atomic E-state index is 11.6. The maximum atomic E-state index is 11.6. The van der Waals surface area contributed by atoms with Crippen molar-refractivity contribution in [1.82, 2.24) is 4.98 Å². The number of benzene rings is 3. The zero-order chi connectivity index (χ0) is 21.3. The zero-order valence-electron chi connectivity index (χ0n) is 16.8. The van der Waals surface area contributed by atoms with Crippen LogP contribution in [0.25, 0.3) is 22.6 Å². The third-order valence-corrected chi connectivity index (χ3v) is 6.02. The fourth-order valence-electron chi connectivity index (χ4n) is 3.29. The topological polar surface area (TPSA) is 86.2 Å². The van der Waals surface area contributed by atoms with E-state index < -0.39 is 10.0 Å². The highest BCUT2D eigenvalue weighted by Crippen LogP contribution is 2.34. The van der Waals surface area contributed by atoms with Gasteiger partial charge in [-0.2, -0.15) is 0 Å². The molecule has 0 aliphatic heterocycles. The molecule has 6 heteroatoms. The highest BCUT2D eigenvalue weighted by Gasteiger charge is 2.18. The minimum absolute atomic E-state index is 0.0583. The monoisotopic (exact) mass is 418 g/mol. The van der Waals surface area contributed by atoms with Gasteiger partial charge in [-0.1, -0.05) is 42.5 Å². The van der Waals surface area contributed by atoms with Gasteiger partial charge in [0.2, 0.25) is 10.0 Å². The second kappa shape index (κ2) is 7.89. The number of aromatic nitrogens is 1. The Bertz CT molecular complexity index is 1290. The summed E-state index contributed by atoms with van der Waals surface area (Å²) in [4.78, 5) is 4.84. The first-order valence-electron chi connectivity index (χ1n) is 9.56. The number of nitrogens with two attached hydrogens (primary N) is 1. The number of hydrogen-bond donors (Lipinski definition) is 1. The summed E-state index contributed by atoms with van der Waals surface area (Å²) >= 11 is 0. The predicted octanol–water partition coefficient (Wildman–Crippen LogP) is 4.86. The van der Waals surface area contributed by atoms with E-state index in [0.717, 1.165) is 27.9 Å². The molecule has 4 rings (SSSR count). The Kier molecular flexibility index (Phi) is 5.28. The van der Waals surface area contributed by atoms with Crippen molar-refractivity contribution in [2.75, 3.05) is 0 Å². The standard InChI is InChI=1S/C24H22N2O3S/c1-16-8-9-20(14-17(16)2)23-24(19-10-12-21(13-11-19)30(25,27)28)29-22(26-23)15-18-6-4-3-5-7-18/h3-14H,15H2,1-2H3,(H2,25,27,28). The van der Waals surface area contributed by atoms with Crippen molar-refractivity contribution in [3.8, 4) is 22.6 Å². The van der Waals surface area contributed by atoms with Crippen LogP contribution in [0.2, 0.25) is 0 Å². The fraction of sp³-hybridized carbons (Fsp3) is 0.125. The van der Waals surface area contributed by atoms with Crippen molar-refractivity contribution in [3.05, 3.63) is 95.4 Å². The molecule has 0 saturated heterocycles. The lowest BCUT2D eigenvalue weighted by Crippen LogP contribution is -2.11. The molecule has 3 aromatic carbocycles. The molecule has 0 atom stereocenters. The minimum Gasteiger partial charge on any atom is -0.440 e. The van der Waals surface area contributed by atoms with E-state index in [1.807, 2.05) is 36.4 Å². The van der Waals surface area contributed by atoms with Crippen molar-refractivity contribution in [3.63, 3.8) is 0 Å². The average Bonchev–Trinajstić information content (AvgIpc) is 3.14. The van der Waals surface area contributed by atoms with Crippen LogP contribution < -0.4 is 5.14 Å². The molecule has 0 aliphatic carbocycles. The molecule has 0 saturated carbocycles. The van der Waals surface area contributed by atoms with Gasteiger partial charge in [-0.25, -0.2) is 18.5 Å². The van der Waals surface area contributed by atoms with Crippen LogP contribution in [0.15, 0.2) is 82.1 Å². The van der Waals surface area contributed by atoms with Crippen LogP contribution >= 0.6 is 0 Å². The zero-order valence-corrected chi connectivity index (χ0v) is 17.6. The first kappa shape index (κ1) is 20.1. The summed E-state index contributed by atoms with van der Waals surface area (Å²) < 4.78 is 29.3. The normalized spacial score (nSPS) is 11.6. The third-order valence-electron chi connectivity index (χ3n) is 5.10. The fourth-order valence-corrected chi connectivity index (χ4v) is 3.80. The molecule has 4 aromatic rings. The van der Waals surface area contributed by atoms with Crippen LogP contribution in [0.1, 0.15) is 22.6 Å². The molecule has 152 valence electrons. The number of rotatable bonds is 5. The van der Waals surface area contributed by atoms with Crippen LogP contribution in [0, 0.1) is 13.8 Å². The Morgan fingerprint density at radius 3 is 2.17 bits per heavy atom. The summed E-state index contributed by atoms with van der Waals surface area (Å²) in [6.45, 7) is 4.13. The number of primary sulfonamides is 1. The van der Waals surface area contributed by atoms with E-state index in [2.05, 4.69) is 26.0 Å². The summed E-state index contributed by atoms with van der Waals surface area (Å²) in [5.41, 5.74) is 5.88. The van der Waals surface area contributed by atoms with E-state index in [-0.39, 0.29) is 4.90 Å². The second-order valence-electron chi connectivity index (χ2n) is 7.32. The van der Waals surface area contributed by atoms with Crippen LogP contribution in [-0.4, -0.2) is 13.4 Å². The van der Waals surface area contributed by atoms with Gasteiger partial charge < -0.3 is 4.42 Å². The molecule has 1 heterocycles. The van der Waals surface area contributed by atoms with E-state index in [0.29, 0.717) is 18.1 Å². The Balaban J connectivity index is 1.81. The summed E-state index contributed by atoms with van der Waals surface area (Å²) in [6.07, 6.45) is 0.563. The predicted molar refractivity (Wildman–Crippen MR) is 117 cm³/mol. The molecule has 0 radical (unpaired) electrons. The maximum Gasteiger partial charge on any atom is 0.238 e. The van der Waals surface area contributed by atoms with Crippen LogP contribution in [-0.2, 0) is 16.4 Å². The van der Waals surface area contributed by atoms with Gasteiger partial charge in [0.05, 0.1) is 4.90 Å². The van der Waals surface area contributed by atoms with E-state index in [4.69, 9.17) is 14.5 Å². The molecule has 0 spiro atoms. The van der Waals surface area contributed by atoms with Gasteiger partial charge in [0.1, 0.15) is 5.69 Å². The van der Waals surface area contributed by atoms with E-state index in [1.165, 1.54) is 17.7 Å². The summed E-state index contributed by atoms with van der Waals surface area (Å²) in [7, 11) is -3.76. The largest absolute Gasteiger partial charge is 0.440 e. The van der Waals surface area contributed by atoms with Crippen molar-refractivity contribution in [2.45, 2.75) is 25.2 Å². The van der Waals surface area contributed by atoms with Crippen LogP contribution in [0.4, 0.5) is 0 Å². The second-order valence-corrected chi connectivity index (χ2v) is 8.88. The smallest absolute Gasteiger partial charge is 0.238 e. The molecule has 0 amide bonds. The molecule has 5 nitrogen and oxygen atoms in total. The summed E-state index contributed by atoms with van der Waals surface area (Å²) in [5.74, 6) is 1.20. The van der Waals surface area contributed by atoms with Crippen LogP contribution in [0.5, 0.6) is 0 Å². The van der Waals surface area contributed by atoms with Crippen LogP contribution in [0.3, 0.4) is 0 Å². The van der Waals surface area contributed by atoms with Gasteiger partial charge in [-0.05, 0) is 60.9 Å². The Morgan fingerprint density at radius 2 is 1.53 bits per heavy atom. The van der Waals surface area contributed by atoms with E-state index >= 15 is 0 Å². The van der Waals surface area contributed by atoms with E-state index in [1.54, 1.807) is 12.1 Å². The molecule has 30 heavy (non-hydrogen) atoms. The van der Waals surface area contributed by atoms with Crippen molar-refractivity contribution >= 4 is 10.0 Å². The van der Waals surface area contributed by atoms with Gasteiger partial charge in [0.25, 0.3) is 0 Å². The summed E-state index contributed by atoms with van der Waals surface area (Å²) in [6, 6.07) is 22.5.